The minimum atomic E-state index is -0.237. The number of hydrogen-bond donors (Lipinski definition) is 1. The number of benzene rings is 1. The first kappa shape index (κ1) is 19.3. The van der Waals surface area contributed by atoms with E-state index in [9.17, 15) is 4.79 Å². The lowest BCUT2D eigenvalue weighted by atomic mass is 10.1. The van der Waals surface area contributed by atoms with Gasteiger partial charge in [-0.15, -0.1) is 0 Å². The molecule has 1 atom stereocenters. The van der Waals surface area contributed by atoms with Gasteiger partial charge in [-0.2, -0.15) is 0 Å². The Morgan fingerprint density at radius 1 is 1.24 bits per heavy atom. The number of fused-ring (bicyclic) bond motifs is 2. The molecule has 29 heavy (non-hydrogen) atoms. The Balaban J connectivity index is 1.31. The van der Waals surface area contributed by atoms with E-state index in [1.807, 2.05) is 42.7 Å². The Morgan fingerprint density at radius 2 is 2.10 bits per heavy atom. The van der Waals surface area contributed by atoms with Crippen LogP contribution in [-0.2, 0) is 17.9 Å². The van der Waals surface area contributed by atoms with E-state index in [-0.39, 0.29) is 11.9 Å². The van der Waals surface area contributed by atoms with Crippen LogP contribution >= 0.6 is 0 Å². The molecule has 1 N–H and O–H groups in total. The first-order valence-corrected chi connectivity index (χ1v) is 10.1. The van der Waals surface area contributed by atoms with Gasteiger partial charge in [-0.05, 0) is 31.9 Å². The summed E-state index contributed by atoms with van der Waals surface area (Å²) in [7, 11) is 1.65. The second-order valence-corrected chi connectivity index (χ2v) is 7.39. The smallest absolute Gasteiger partial charge is 0.249 e. The van der Waals surface area contributed by atoms with Crippen molar-refractivity contribution in [2.24, 2.45) is 4.99 Å². The maximum atomic E-state index is 11.9. The van der Waals surface area contributed by atoms with Crippen molar-refractivity contribution in [1.29, 1.82) is 0 Å². The molecule has 1 fully saturated rings. The highest BCUT2D eigenvalue weighted by atomic mass is 16.5. The third kappa shape index (κ3) is 4.06. The molecule has 1 aromatic heterocycles. The van der Waals surface area contributed by atoms with Crippen LogP contribution in [0.2, 0.25) is 0 Å². The summed E-state index contributed by atoms with van der Waals surface area (Å²) in [6.07, 6.45) is 10.1. The van der Waals surface area contributed by atoms with Gasteiger partial charge >= 0.3 is 0 Å². The number of unbranched alkanes of at least 4 members (excludes halogenated alkanes) is 3. The lowest BCUT2D eigenvalue weighted by Crippen LogP contribution is -2.35. The molecule has 1 unspecified atom stereocenters. The zero-order valence-electron chi connectivity index (χ0n) is 16.9. The average Bonchev–Trinajstić information content (AvgIpc) is 3.34. The number of aromatic nitrogens is 2. The number of nitrogens with one attached hydrogen (secondary N) is 1. The van der Waals surface area contributed by atoms with E-state index in [1.54, 1.807) is 7.11 Å². The highest BCUT2D eigenvalue weighted by molar-refractivity contribution is 6.07. The number of hydrogen-bond acceptors (Lipinski definition) is 6. The minimum Gasteiger partial charge on any atom is -0.492 e. The summed E-state index contributed by atoms with van der Waals surface area (Å²) >= 11 is 0. The topological polar surface area (TPSA) is 81.0 Å². The number of aliphatic imine (C=N–C) groups is 1. The Hall–Kier alpha value is -3.03. The predicted octanol–water partition coefficient (Wildman–Crippen LogP) is 2.85. The normalized spacial score (nSPS) is 17.4. The van der Waals surface area contributed by atoms with E-state index >= 15 is 0 Å². The van der Waals surface area contributed by atoms with Crippen molar-refractivity contribution in [3.05, 3.63) is 36.4 Å². The number of guanidine groups is 1. The van der Waals surface area contributed by atoms with E-state index in [0.29, 0.717) is 24.9 Å². The first-order chi connectivity index (χ1) is 14.2. The minimum absolute atomic E-state index is 0.0277. The lowest BCUT2D eigenvalue weighted by Gasteiger charge is -2.28. The summed E-state index contributed by atoms with van der Waals surface area (Å²) in [5.74, 6) is 2.02. The number of rotatable bonds is 9. The molecular weight excluding hydrogens is 370 g/mol. The van der Waals surface area contributed by atoms with Crippen molar-refractivity contribution in [2.75, 3.05) is 13.7 Å². The second kappa shape index (κ2) is 8.55. The van der Waals surface area contributed by atoms with Crippen molar-refractivity contribution in [1.82, 2.24) is 19.8 Å². The molecule has 2 aromatic rings. The summed E-state index contributed by atoms with van der Waals surface area (Å²) in [5.41, 5.74) is 1.77. The average molecular weight is 397 g/mol. The molecule has 154 valence electrons. The molecule has 1 amide bonds. The molecule has 0 spiro atoms. The maximum Gasteiger partial charge on any atom is 0.249 e. The molecule has 1 saturated heterocycles. The number of aryl methyl sites for hydroxylation is 1. The van der Waals surface area contributed by atoms with Gasteiger partial charge in [-0.1, -0.05) is 12.8 Å². The van der Waals surface area contributed by atoms with Crippen LogP contribution in [0, 0.1) is 0 Å². The Labute approximate surface area is 170 Å². The third-order valence-electron chi connectivity index (χ3n) is 5.44. The van der Waals surface area contributed by atoms with Crippen LogP contribution in [0.4, 0.5) is 5.69 Å². The number of amides is 1. The summed E-state index contributed by atoms with van der Waals surface area (Å²) in [5, 5.41) is 2.83. The van der Waals surface area contributed by atoms with Gasteiger partial charge in [-0.3, -0.25) is 10.1 Å². The highest BCUT2D eigenvalue weighted by Crippen LogP contribution is 2.41. The van der Waals surface area contributed by atoms with Crippen molar-refractivity contribution in [3.8, 4) is 11.5 Å². The Morgan fingerprint density at radius 3 is 2.90 bits per heavy atom. The van der Waals surface area contributed by atoms with Gasteiger partial charge < -0.3 is 18.9 Å². The summed E-state index contributed by atoms with van der Waals surface area (Å²) in [6.45, 7) is 4.11. The van der Waals surface area contributed by atoms with E-state index < -0.39 is 0 Å². The molecule has 4 rings (SSSR count). The van der Waals surface area contributed by atoms with E-state index in [0.717, 1.165) is 49.2 Å². The molecule has 0 saturated carbocycles. The van der Waals surface area contributed by atoms with Gasteiger partial charge in [0.25, 0.3) is 0 Å². The van der Waals surface area contributed by atoms with Crippen LogP contribution in [-0.4, -0.2) is 46.1 Å². The lowest BCUT2D eigenvalue weighted by molar-refractivity contribution is -0.121. The molecule has 0 aliphatic carbocycles. The van der Waals surface area contributed by atoms with Gasteiger partial charge in [0.15, 0.2) is 11.5 Å². The third-order valence-corrected chi connectivity index (χ3v) is 5.44. The second-order valence-electron chi connectivity index (χ2n) is 7.39. The molecule has 8 heteroatoms. The van der Waals surface area contributed by atoms with E-state index in [4.69, 9.17) is 9.47 Å². The van der Waals surface area contributed by atoms with Gasteiger partial charge in [0.2, 0.25) is 11.9 Å². The molecule has 2 aliphatic heterocycles. The van der Waals surface area contributed by atoms with Crippen molar-refractivity contribution in [2.45, 2.75) is 51.7 Å². The Bertz CT molecular complexity index is 894. The molecule has 2 aliphatic rings. The van der Waals surface area contributed by atoms with Crippen LogP contribution in [0.5, 0.6) is 11.5 Å². The van der Waals surface area contributed by atoms with Crippen molar-refractivity contribution in [3.63, 3.8) is 0 Å². The van der Waals surface area contributed by atoms with Crippen LogP contribution in [0.25, 0.3) is 0 Å². The molecule has 3 heterocycles. The number of carbonyl (C=O) groups is 1. The zero-order chi connectivity index (χ0) is 20.2. The highest BCUT2D eigenvalue weighted by Gasteiger charge is 2.37. The predicted molar refractivity (Wildman–Crippen MR) is 109 cm³/mol. The molecule has 0 bridgehead atoms. The quantitative estimate of drug-likeness (QED) is 0.658. The number of imidazole rings is 1. The fourth-order valence-electron chi connectivity index (χ4n) is 3.74. The summed E-state index contributed by atoms with van der Waals surface area (Å²) < 4.78 is 13.8. The van der Waals surface area contributed by atoms with Crippen molar-refractivity contribution >= 4 is 17.6 Å². The fraction of sp³-hybridized carbons (Fsp3) is 0.476. The summed E-state index contributed by atoms with van der Waals surface area (Å²) in [6, 6.07) is 3.59. The van der Waals surface area contributed by atoms with Crippen LogP contribution < -0.4 is 14.8 Å². The monoisotopic (exact) mass is 397 g/mol. The van der Waals surface area contributed by atoms with Gasteiger partial charge in [0, 0.05) is 24.5 Å². The molecule has 1 aromatic carbocycles. The SMILES string of the molecule is COc1c(OCCCCCCn2ccnc2)ccc2c1CN1C(=N2)NC(=O)C1C. The van der Waals surface area contributed by atoms with Gasteiger partial charge in [-0.25, -0.2) is 9.98 Å². The fourth-order valence-corrected chi connectivity index (χ4v) is 3.74. The van der Waals surface area contributed by atoms with Crippen LogP contribution in [0.1, 0.15) is 38.2 Å². The molecule has 8 nitrogen and oxygen atoms in total. The zero-order valence-corrected chi connectivity index (χ0v) is 16.9. The van der Waals surface area contributed by atoms with Crippen molar-refractivity contribution < 1.29 is 14.3 Å². The molecule has 0 radical (unpaired) electrons. The summed E-state index contributed by atoms with van der Waals surface area (Å²) in [4.78, 5) is 22.5. The number of carbonyl (C=O) groups excluding carboxylic acids is 1. The van der Waals surface area contributed by atoms with E-state index in [2.05, 4.69) is 19.9 Å². The number of nitrogens with zero attached hydrogens (tertiary/aromatic N) is 4. The molecular formula is C21H27N5O3. The largest absolute Gasteiger partial charge is 0.492 e. The Kier molecular flexibility index (Phi) is 5.69. The number of ether oxygens (including phenoxy) is 2. The maximum absolute atomic E-state index is 11.9. The van der Waals surface area contributed by atoms with Gasteiger partial charge in [0.1, 0.15) is 6.04 Å². The van der Waals surface area contributed by atoms with E-state index in [1.165, 1.54) is 0 Å². The van der Waals surface area contributed by atoms with Gasteiger partial charge in [0.05, 0.1) is 32.3 Å². The number of methoxy groups -OCH3 is 1. The van der Waals surface area contributed by atoms with Crippen LogP contribution in [0.15, 0.2) is 35.8 Å². The first-order valence-electron chi connectivity index (χ1n) is 10.1. The standard InChI is InChI=1S/C21H27N5O3/c1-15-20(27)24-21-23-17-7-8-18(19(28-2)16(17)13-26(15)21)29-12-6-4-3-5-10-25-11-9-22-14-25/h7-9,11,14-15H,3-6,10,12-13H2,1-2H3,(H,23,24,27). The van der Waals surface area contributed by atoms with Crippen LogP contribution in [0.3, 0.4) is 0 Å².